The van der Waals surface area contributed by atoms with Crippen LogP contribution in [0.15, 0.2) is 12.4 Å². The summed E-state index contributed by atoms with van der Waals surface area (Å²) in [6.07, 6.45) is 6.58. The number of aryl methyl sites for hydroxylation is 1. The lowest BCUT2D eigenvalue weighted by molar-refractivity contribution is 0.553. The van der Waals surface area contributed by atoms with Crippen molar-refractivity contribution in [1.29, 1.82) is 0 Å². The van der Waals surface area contributed by atoms with Crippen molar-refractivity contribution < 1.29 is 4.21 Å². The number of nitrogens with one attached hydrogen (secondary N) is 1. The van der Waals surface area contributed by atoms with Crippen LogP contribution >= 0.6 is 0 Å². The lowest BCUT2D eigenvalue weighted by Gasteiger charge is -2.13. The van der Waals surface area contributed by atoms with Crippen LogP contribution in [-0.4, -0.2) is 32.0 Å². The monoisotopic (exact) mass is 243 g/mol. The average molecular weight is 243 g/mol. The highest BCUT2D eigenvalue weighted by atomic mass is 32.2. The van der Waals surface area contributed by atoms with E-state index in [1.165, 1.54) is 5.56 Å². The van der Waals surface area contributed by atoms with Crippen LogP contribution in [0.5, 0.6) is 0 Å². The van der Waals surface area contributed by atoms with Crippen molar-refractivity contribution in [1.82, 2.24) is 15.1 Å². The summed E-state index contributed by atoms with van der Waals surface area (Å²) in [5.74, 6) is 0. The number of rotatable bonds is 6. The number of nitrogens with zero attached hydrogens (tertiary/aromatic N) is 2. The van der Waals surface area contributed by atoms with Crippen LogP contribution in [0, 0.1) is 0 Å². The first kappa shape index (κ1) is 13.4. The third-order valence-electron chi connectivity index (χ3n) is 2.79. The summed E-state index contributed by atoms with van der Waals surface area (Å²) >= 11 is 0. The molecule has 0 aliphatic heterocycles. The number of aromatic nitrogens is 2. The van der Waals surface area contributed by atoms with Crippen LogP contribution in [0.4, 0.5) is 0 Å². The van der Waals surface area contributed by atoms with Gasteiger partial charge in [0.2, 0.25) is 0 Å². The average Bonchev–Trinajstić information content (AvgIpc) is 2.64. The zero-order chi connectivity index (χ0) is 12.1. The Hall–Kier alpha value is -0.680. The van der Waals surface area contributed by atoms with Crippen molar-refractivity contribution in [3.63, 3.8) is 0 Å². The molecule has 4 nitrogen and oxygen atoms in total. The molecule has 5 heteroatoms. The topological polar surface area (TPSA) is 46.9 Å². The van der Waals surface area contributed by atoms with E-state index in [-0.39, 0.29) is 5.25 Å². The van der Waals surface area contributed by atoms with Crippen molar-refractivity contribution in [2.75, 3.05) is 12.8 Å². The van der Waals surface area contributed by atoms with E-state index in [1.807, 2.05) is 26.4 Å². The Morgan fingerprint density at radius 1 is 1.56 bits per heavy atom. The van der Waals surface area contributed by atoms with E-state index < -0.39 is 10.8 Å². The van der Waals surface area contributed by atoms with Gasteiger partial charge < -0.3 is 5.32 Å². The van der Waals surface area contributed by atoms with Gasteiger partial charge in [0.05, 0.1) is 6.20 Å². The summed E-state index contributed by atoms with van der Waals surface area (Å²) in [5, 5.41) is 7.81. The maximum atomic E-state index is 11.2. The van der Waals surface area contributed by atoms with Crippen LogP contribution in [0.3, 0.4) is 0 Å². The molecule has 16 heavy (non-hydrogen) atoms. The first-order chi connectivity index (χ1) is 7.50. The van der Waals surface area contributed by atoms with E-state index >= 15 is 0 Å². The molecule has 0 saturated heterocycles. The molecular formula is C11H21N3OS. The molecule has 0 spiro atoms. The van der Waals surface area contributed by atoms with Gasteiger partial charge in [-0.2, -0.15) is 5.10 Å². The second kappa shape index (κ2) is 6.15. The predicted octanol–water partition coefficient (Wildman–Crippen LogP) is 1.23. The molecule has 0 aliphatic rings. The zero-order valence-corrected chi connectivity index (χ0v) is 11.3. The zero-order valence-electron chi connectivity index (χ0n) is 10.4. The quantitative estimate of drug-likeness (QED) is 0.817. The Morgan fingerprint density at radius 3 is 2.75 bits per heavy atom. The highest BCUT2D eigenvalue weighted by molar-refractivity contribution is 7.84. The Morgan fingerprint density at radius 2 is 2.25 bits per heavy atom. The second-order valence-corrected chi connectivity index (χ2v) is 6.02. The Kier molecular flexibility index (Phi) is 5.15. The van der Waals surface area contributed by atoms with E-state index in [0.29, 0.717) is 6.04 Å². The van der Waals surface area contributed by atoms with Gasteiger partial charge in [0, 0.05) is 47.2 Å². The summed E-state index contributed by atoms with van der Waals surface area (Å²) in [4.78, 5) is 0. The standard InChI is InChI=1S/C11H21N3OS/c1-9(16(4)15)5-6-12-10(2)11-7-13-14(3)8-11/h7-10,12H,5-6H2,1-4H3. The van der Waals surface area contributed by atoms with Gasteiger partial charge in [-0.15, -0.1) is 0 Å². The molecule has 3 atom stereocenters. The van der Waals surface area contributed by atoms with Crippen LogP contribution < -0.4 is 5.32 Å². The van der Waals surface area contributed by atoms with Gasteiger partial charge in [-0.1, -0.05) is 6.92 Å². The smallest absolute Gasteiger partial charge is 0.0537 e. The molecule has 0 amide bonds. The molecule has 3 unspecified atom stereocenters. The maximum Gasteiger partial charge on any atom is 0.0537 e. The SMILES string of the molecule is CC(NCCC(C)S(C)=O)c1cnn(C)c1. The Labute approximate surface area is 99.9 Å². The Balaban J connectivity index is 2.30. The van der Waals surface area contributed by atoms with Crippen molar-refractivity contribution in [2.45, 2.75) is 31.6 Å². The maximum absolute atomic E-state index is 11.2. The molecule has 0 aliphatic carbocycles. The largest absolute Gasteiger partial charge is 0.310 e. The minimum absolute atomic E-state index is 0.258. The van der Waals surface area contributed by atoms with E-state index in [1.54, 1.807) is 10.9 Å². The fourth-order valence-corrected chi connectivity index (χ4v) is 1.90. The molecule has 0 saturated carbocycles. The highest BCUT2D eigenvalue weighted by Crippen LogP contribution is 2.10. The van der Waals surface area contributed by atoms with Crippen LogP contribution in [-0.2, 0) is 17.8 Å². The molecular weight excluding hydrogens is 222 g/mol. The van der Waals surface area contributed by atoms with Gasteiger partial charge in [-0.05, 0) is 19.9 Å². The van der Waals surface area contributed by atoms with E-state index in [4.69, 9.17) is 0 Å². The molecule has 1 aromatic heterocycles. The first-order valence-electron chi connectivity index (χ1n) is 5.55. The first-order valence-corrected chi connectivity index (χ1v) is 7.17. The molecule has 1 aromatic rings. The number of hydrogen-bond acceptors (Lipinski definition) is 3. The van der Waals surface area contributed by atoms with Gasteiger partial charge in [0.25, 0.3) is 0 Å². The summed E-state index contributed by atoms with van der Waals surface area (Å²) in [7, 11) is 1.19. The van der Waals surface area contributed by atoms with Gasteiger partial charge in [0.1, 0.15) is 0 Å². The predicted molar refractivity (Wildman–Crippen MR) is 67.8 cm³/mol. The fraction of sp³-hybridized carbons (Fsp3) is 0.727. The minimum Gasteiger partial charge on any atom is -0.310 e. The van der Waals surface area contributed by atoms with Crippen LogP contribution in [0.2, 0.25) is 0 Å². The summed E-state index contributed by atoms with van der Waals surface area (Å²) in [5.41, 5.74) is 1.19. The van der Waals surface area contributed by atoms with Crippen molar-refractivity contribution >= 4 is 10.8 Å². The van der Waals surface area contributed by atoms with Gasteiger partial charge in [-0.25, -0.2) is 0 Å². The van der Waals surface area contributed by atoms with Crippen molar-refractivity contribution in [3.05, 3.63) is 18.0 Å². The Bertz CT molecular complexity index is 351. The molecule has 1 rings (SSSR count). The minimum atomic E-state index is -0.722. The number of hydrogen-bond donors (Lipinski definition) is 1. The lowest BCUT2D eigenvalue weighted by Crippen LogP contribution is -2.23. The van der Waals surface area contributed by atoms with Gasteiger partial charge in [-0.3, -0.25) is 8.89 Å². The third-order valence-corrected chi connectivity index (χ3v) is 4.16. The summed E-state index contributed by atoms with van der Waals surface area (Å²) < 4.78 is 13.0. The van der Waals surface area contributed by atoms with Crippen molar-refractivity contribution in [3.8, 4) is 0 Å². The van der Waals surface area contributed by atoms with Crippen molar-refractivity contribution in [2.24, 2.45) is 7.05 Å². The summed E-state index contributed by atoms with van der Waals surface area (Å²) in [6, 6.07) is 0.297. The molecule has 1 N–H and O–H groups in total. The van der Waals surface area contributed by atoms with Gasteiger partial charge >= 0.3 is 0 Å². The normalized spacial score (nSPS) is 17.0. The second-order valence-electron chi connectivity index (χ2n) is 4.22. The molecule has 0 fully saturated rings. The van der Waals surface area contributed by atoms with E-state index in [0.717, 1.165) is 13.0 Å². The van der Waals surface area contributed by atoms with Gasteiger partial charge in [0.15, 0.2) is 0 Å². The van der Waals surface area contributed by atoms with E-state index in [9.17, 15) is 4.21 Å². The van der Waals surface area contributed by atoms with E-state index in [2.05, 4.69) is 17.3 Å². The van der Waals surface area contributed by atoms with Crippen LogP contribution in [0.1, 0.15) is 31.9 Å². The lowest BCUT2D eigenvalue weighted by atomic mass is 10.2. The molecule has 0 radical (unpaired) electrons. The molecule has 0 bridgehead atoms. The highest BCUT2D eigenvalue weighted by Gasteiger charge is 2.09. The molecule has 0 aromatic carbocycles. The molecule has 1 heterocycles. The molecule has 92 valence electrons. The fourth-order valence-electron chi connectivity index (χ4n) is 1.45. The summed E-state index contributed by atoms with van der Waals surface area (Å²) in [6.45, 7) is 5.02. The third kappa shape index (κ3) is 4.06. The van der Waals surface area contributed by atoms with Crippen LogP contribution in [0.25, 0.3) is 0 Å².